The van der Waals surface area contributed by atoms with Crippen LogP contribution in [0.2, 0.25) is 0 Å². The summed E-state index contributed by atoms with van der Waals surface area (Å²) < 4.78 is 40.0. The lowest BCUT2D eigenvalue weighted by molar-refractivity contribution is -0.127. The molecule has 4 aliphatic carbocycles. The number of rotatable bonds is 14. The van der Waals surface area contributed by atoms with Crippen LogP contribution in [0.1, 0.15) is 173 Å². The number of benzene rings is 1. The summed E-state index contributed by atoms with van der Waals surface area (Å²) in [5, 5.41) is 2.87. The lowest BCUT2D eigenvalue weighted by atomic mass is 9.68. The number of hydrogen-bond donors (Lipinski definition) is 1. The molecule has 1 aliphatic heterocycles. The highest BCUT2D eigenvalue weighted by Gasteiger charge is 2.32. The van der Waals surface area contributed by atoms with Crippen molar-refractivity contribution in [2.45, 2.75) is 163 Å². The zero-order valence-corrected chi connectivity index (χ0v) is 38.1. The van der Waals surface area contributed by atoms with Gasteiger partial charge in [-0.05, 0) is 130 Å². The van der Waals surface area contributed by atoms with E-state index in [4.69, 9.17) is 4.74 Å². The van der Waals surface area contributed by atoms with Gasteiger partial charge in [-0.3, -0.25) is 14.5 Å². The van der Waals surface area contributed by atoms with E-state index < -0.39 is 9.84 Å². The van der Waals surface area contributed by atoms with E-state index in [0.29, 0.717) is 39.5 Å². The Labute approximate surface area is 348 Å². The van der Waals surface area contributed by atoms with E-state index in [9.17, 15) is 22.4 Å². The molecule has 328 valence electrons. The summed E-state index contributed by atoms with van der Waals surface area (Å²) in [5.41, 5.74) is 2.44. The Morgan fingerprint density at radius 2 is 1.26 bits per heavy atom. The normalized spacial score (nSPS) is 21.7. The molecule has 1 N–H and O–H groups in total. The van der Waals surface area contributed by atoms with Gasteiger partial charge in [-0.2, -0.15) is 0 Å². The molecule has 0 unspecified atom stereocenters. The Bertz CT molecular complexity index is 1440. The zero-order valence-electron chi connectivity index (χ0n) is 37.3. The van der Waals surface area contributed by atoms with Crippen molar-refractivity contribution >= 4 is 21.7 Å². The Hall–Kier alpha value is -2.04. The standard InChI is InChI=1S/C15H20FNO.C12H23NO.C11H21NO.C9H18O2S/c1-15(7-2-3-8-15)9-10-17-14(18)12-5-4-6-13(16)11-12;1-12(4-2-3-5-12)6-7-13-8-10-14-11-9-13;1-10(13)12(3)9-8-11(2)6-4-5-7-11;1-9(5-3-6-9)7-4-8-12(2,10)11/h4-6,11H,2-3,7-10H2,1H3,(H,17,18);2-11H2,1H3;4-9H2,1-3H3;3-8H2,1-2H3. The molecule has 0 atom stereocenters. The van der Waals surface area contributed by atoms with Gasteiger partial charge in [0.15, 0.2) is 0 Å². The van der Waals surface area contributed by atoms with Crippen LogP contribution in [0.4, 0.5) is 4.39 Å². The number of nitrogens with one attached hydrogen (secondary N) is 1. The number of morpholine rings is 1. The second-order valence-corrected chi connectivity index (χ2v) is 22.1. The highest BCUT2D eigenvalue weighted by atomic mass is 32.2. The third kappa shape index (κ3) is 19.7. The number of sulfone groups is 1. The average Bonchev–Trinajstić information content (AvgIpc) is 3.92. The molecule has 0 aromatic heterocycles. The van der Waals surface area contributed by atoms with E-state index in [2.05, 4.69) is 37.9 Å². The third-order valence-electron chi connectivity index (χ3n) is 14.1. The van der Waals surface area contributed by atoms with Gasteiger partial charge in [-0.1, -0.05) is 78.7 Å². The van der Waals surface area contributed by atoms with Gasteiger partial charge in [0, 0.05) is 57.7 Å². The van der Waals surface area contributed by atoms with Crippen molar-refractivity contribution in [2.75, 3.05) is 65.0 Å². The maximum atomic E-state index is 13.0. The van der Waals surface area contributed by atoms with Crippen LogP contribution >= 0.6 is 0 Å². The quantitative estimate of drug-likeness (QED) is 0.201. The SMILES string of the molecule is CC(=O)N(C)CCC1(C)CCCC1.CC1(CCCS(C)(=O)=O)CCC1.CC1(CCN2CCOCC2)CCCC1.CC1(CCNC(=O)c2cccc(F)c2)CCCC1. The second-order valence-electron chi connectivity index (χ2n) is 19.9. The van der Waals surface area contributed by atoms with Crippen LogP contribution in [0.3, 0.4) is 0 Å². The first kappa shape index (κ1) is 49.3. The Kier molecular flexibility index (Phi) is 20.5. The van der Waals surface area contributed by atoms with Crippen LogP contribution in [0.5, 0.6) is 0 Å². The molecule has 10 heteroatoms. The molecule has 4 saturated carbocycles. The number of halogens is 1. The van der Waals surface area contributed by atoms with Gasteiger partial charge in [0.2, 0.25) is 5.91 Å². The van der Waals surface area contributed by atoms with Gasteiger partial charge in [0.1, 0.15) is 15.7 Å². The van der Waals surface area contributed by atoms with Gasteiger partial charge in [-0.25, -0.2) is 12.8 Å². The first-order chi connectivity index (χ1) is 26.8. The molecule has 6 rings (SSSR count). The number of hydrogen-bond acceptors (Lipinski definition) is 6. The maximum Gasteiger partial charge on any atom is 0.251 e. The summed E-state index contributed by atoms with van der Waals surface area (Å²) in [7, 11) is -0.841. The topological polar surface area (TPSA) is 96.0 Å². The van der Waals surface area contributed by atoms with Crippen LogP contribution in [0, 0.1) is 27.5 Å². The van der Waals surface area contributed by atoms with Crippen molar-refractivity contribution in [1.82, 2.24) is 15.1 Å². The minimum absolute atomic E-state index is 0.182. The van der Waals surface area contributed by atoms with Crippen molar-refractivity contribution in [3.8, 4) is 0 Å². The van der Waals surface area contributed by atoms with Gasteiger partial charge >= 0.3 is 0 Å². The van der Waals surface area contributed by atoms with Crippen LogP contribution < -0.4 is 5.32 Å². The predicted molar refractivity (Wildman–Crippen MR) is 234 cm³/mol. The molecular formula is C47H82FN3O5S. The second kappa shape index (κ2) is 23.7. The summed E-state index contributed by atoms with van der Waals surface area (Å²) in [6.07, 6.45) is 27.1. The average molecular weight is 820 g/mol. The molecule has 1 aromatic rings. The van der Waals surface area contributed by atoms with Crippen molar-refractivity contribution in [3.63, 3.8) is 0 Å². The predicted octanol–water partition coefficient (Wildman–Crippen LogP) is 10.3. The lowest BCUT2D eigenvalue weighted by Gasteiger charge is -2.38. The Morgan fingerprint density at radius 3 is 1.74 bits per heavy atom. The number of amides is 2. The minimum atomic E-state index is -2.73. The fourth-order valence-corrected chi connectivity index (χ4v) is 9.95. The van der Waals surface area contributed by atoms with Gasteiger partial charge in [0.25, 0.3) is 5.91 Å². The summed E-state index contributed by atoms with van der Waals surface area (Å²) >= 11 is 0. The molecule has 5 fully saturated rings. The molecule has 1 saturated heterocycles. The van der Waals surface area contributed by atoms with Crippen LogP contribution in [-0.2, 0) is 19.4 Å². The summed E-state index contributed by atoms with van der Waals surface area (Å²) in [6.45, 7) is 18.1. The maximum absolute atomic E-state index is 13.0. The molecule has 2 amide bonds. The van der Waals surface area contributed by atoms with E-state index >= 15 is 0 Å². The summed E-state index contributed by atoms with van der Waals surface area (Å²) in [6, 6.07) is 5.81. The zero-order chi connectivity index (χ0) is 42.0. The van der Waals surface area contributed by atoms with Gasteiger partial charge in [0.05, 0.1) is 13.2 Å². The highest BCUT2D eigenvalue weighted by molar-refractivity contribution is 7.90. The molecule has 0 radical (unpaired) electrons. The first-order valence-electron chi connectivity index (χ1n) is 22.6. The molecule has 0 bridgehead atoms. The van der Waals surface area contributed by atoms with Gasteiger partial charge < -0.3 is 15.0 Å². The number of carbonyl (C=O) groups excluding carboxylic acids is 2. The Morgan fingerprint density at radius 1 is 0.772 bits per heavy atom. The summed E-state index contributed by atoms with van der Waals surface area (Å²) in [5.74, 6) is -0.00845. The largest absolute Gasteiger partial charge is 0.379 e. The van der Waals surface area contributed by atoms with Crippen LogP contribution in [-0.4, -0.2) is 95.0 Å². The van der Waals surface area contributed by atoms with Crippen LogP contribution in [0.25, 0.3) is 0 Å². The summed E-state index contributed by atoms with van der Waals surface area (Å²) in [4.78, 5) is 27.2. The monoisotopic (exact) mass is 820 g/mol. The van der Waals surface area contributed by atoms with Crippen LogP contribution in [0.15, 0.2) is 24.3 Å². The first-order valence-corrected chi connectivity index (χ1v) is 24.6. The fourth-order valence-electron chi connectivity index (χ4n) is 9.28. The third-order valence-corrected chi connectivity index (χ3v) is 15.1. The van der Waals surface area contributed by atoms with E-state index in [1.165, 1.54) is 134 Å². The smallest absolute Gasteiger partial charge is 0.251 e. The van der Waals surface area contributed by atoms with E-state index in [-0.39, 0.29) is 17.6 Å². The number of ether oxygens (including phenoxy) is 1. The number of carbonyl (C=O) groups is 2. The highest BCUT2D eigenvalue weighted by Crippen LogP contribution is 2.44. The molecule has 5 aliphatic rings. The number of nitrogens with zero attached hydrogens (tertiary/aromatic N) is 2. The van der Waals surface area contributed by atoms with E-state index in [0.717, 1.165) is 52.1 Å². The molecule has 1 aromatic carbocycles. The van der Waals surface area contributed by atoms with Crippen molar-refractivity contribution < 1.29 is 27.1 Å². The fraction of sp³-hybridized carbons (Fsp3) is 0.830. The molecule has 8 nitrogen and oxygen atoms in total. The molecule has 1 heterocycles. The lowest BCUT2D eigenvalue weighted by Crippen LogP contribution is -2.38. The molecule has 0 spiro atoms. The van der Waals surface area contributed by atoms with Crippen molar-refractivity contribution in [3.05, 3.63) is 35.6 Å². The molecule has 57 heavy (non-hydrogen) atoms. The van der Waals surface area contributed by atoms with E-state index in [1.54, 1.807) is 19.1 Å². The Balaban J connectivity index is 0.000000206. The minimum Gasteiger partial charge on any atom is -0.379 e. The van der Waals surface area contributed by atoms with E-state index in [1.807, 2.05) is 11.9 Å². The van der Waals surface area contributed by atoms with Crippen molar-refractivity contribution in [1.29, 1.82) is 0 Å². The van der Waals surface area contributed by atoms with Crippen molar-refractivity contribution in [2.24, 2.45) is 21.7 Å². The molecular weight excluding hydrogens is 738 g/mol. The van der Waals surface area contributed by atoms with Gasteiger partial charge in [-0.15, -0.1) is 0 Å².